The summed E-state index contributed by atoms with van der Waals surface area (Å²) in [6.07, 6.45) is 0.462. The fourth-order valence-corrected chi connectivity index (χ4v) is 7.46. The second-order valence-corrected chi connectivity index (χ2v) is 15.4. The standard InChI is InChI=1S/C40H49N5O9/c1-24(46)44-17-10-9-13-30(42-38(51)54-39(2,3)4)36(48)45-23-28(20-33(45)35(47)43-40(37(49)50)22-26(40)16-18-44)53-34-21-31(25-11-7-6-8-12-25)41-32-19-27(52-5)14-15-29(32)34/h6-8,11-12,14-15,19,21,26,28,30,33H,9-10,13,16-18,20,22-23H2,1-5H3,(H,42,51)(H,43,47)(H,49,50)/t26?,28-,30+,33+,40-/m1/s1. The molecule has 3 N–H and O–H groups in total. The number of pyridine rings is 1. The van der Waals surface area contributed by atoms with Crippen molar-refractivity contribution in [2.24, 2.45) is 5.92 Å². The van der Waals surface area contributed by atoms with Crippen molar-refractivity contribution in [1.82, 2.24) is 25.4 Å². The van der Waals surface area contributed by atoms with Crippen molar-refractivity contribution in [3.63, 3.8) is 0 Å². The molecule has 0 radical (unpaired) electrons. The maximum absolute atomic E-state index is 14.5. The summed E-state index contributed by atoms with van der Waals surface area (Å²) in [6.45, 7) is 7.35. The van der Waals surface area contributed by atoms with Gasteiger partial charge in [-0.15, -0.1) is 0 Å². The van der Waals surface area contributed by atoms with E-state index in [2.05, 4.69) is 10.6 Å². The lowest BCUT2D eigenvalue weighted by Gasteiger charge is -2.30. The number of benzene rings is 2. The van der Waals surface area contributed by atoms with Crippen LogP contribution >= 0.6 is 0 Å². The van der Waals surface area contributed by atoms with E-state index >= 15 is 0 Å². The SMILES string of the molecule is COc1ccc2c(O[C@@H]3C[C@H]4C(=O)N[C@]5(C(=O)O)CC5CCN(C(C)=O)CCCC[C@H](NC(=O)OC(C)(C)C)C(=O)N4C3)cc(-c3ccccc3)nc2c1. The highest BCUT2D eigenvalue weighted by atomic mass is 16.6. The van der Waals surface area contributed by atoms with E-state index in [9.17, 15) is 29.1 Å². The smallest absolute Gasteiger partial charge is 0.408 e. The number of aliphatic carboxylic acids is 1. The van der Waals surface area contributed by atoms with E-state index in [-0.39, 0.29) is 37.6 Å². The normalized spacial score (nSPS) is 25.0. The fourth-order valence-electron chi connectivity index (χ4n) is 7.46. The van der Waals surface area contributed by atoms with E-state index in [0.717, 1.165) is 5.56 Å². The lowest BCUT2D eigenvalue weighted by atomic mass is 10.1. The van der Waals surface area contributed by atoms with Gasteiger partial charge in [-0.25, -0.2) is 14.6 Å². The molecule has 4 amide bonds. The van der Waals surface area contributed by atoms with E-state index in [1.165, 1.54) is 11.8 Å². The molecule has 54 heavy (non-hydrogen) atoms. The van der Waals surface area contributed by atoms with Crippen LogP contribution in [-0.2, 0) is 23.9 Å². The van der Waals surface area contributed by atoms with Crippen molar-refractivity contribution in [3.05, 3.63) is 54.6 Å². The zero-order valence-corrected chi connectivity index (χ0v) is 31.4. The molecule has 2 saturated heterocycles. The zero-order chi connectivity index (χ0) is 38.8. The molecule has 2 aromatic carbocycles. The van der Waals surface area contributed by atoms with Crippen LogP contribution < -0.4 is 20.1 Å². The summed E-state index contributed by atoms with van der Waals surface area (Å²) in [5, 5.41) is 16.6. The number of nitrogens with zero attached hydrogens (tertiary/aromatic N) is 3. The minimum atomic E-state index is -1.52. The summed E-state index contributed by atoms with van der Waals surface area (Å²) in [5.41, 5.74) is -0.207. The van der Waals surface area contributed by atoms with Gasteiger partial charge in [-0.2, -0.15) is 0 Å². The van der Waals surface area contributed by atoms with Gasteiger partial charge in [0.1, 0.15) is 40.8 Å². The van der Waals surface area contributed by atoms with E-state index in [1.54, 1.807) is 38.8 Å². The summed E-state index contributed by atoms with van der Waals surface area (Å²) >= 11 is 0. The number of amides is 4. The fraction of sp³-hybridized carbons (Fsp3) is 0.500. The third kappa shape index (κ3) is 8.53. The molecule has 288 valence electrons. The number of nitrogens with one attached hydrogen (secondary N) is 2. The Morgan fingerprint density at radius 1 is 1.02 bits per heavy atom. The van der Waals surface area contributed by atoms with Crippen molar-refractivity contribution in [1.29, 1.82) is 0 Å². The molecular formula is C40H49N5O9. The Bertz CT molecular complexity index is 1910. The van der Waals surface area contributed by atoms with Crippen LogP contribution in [0.2, 0.25) is 0 Å². The quantitative estimate of drug-likeness (QED) is 0.325. The lowest BCUT2D eigenvalue weighted by molar-refractivity contribution is -0.146. The Labute approximate surface area is 314 Å². The van der Waals surface area contributed by atoms with Crippen LogP contribution in [0, 0.1) is 5.92 Å². The predicted octanol–water partition coefficient (Wildman–Crippen LogP) is 4.53. The van der Waals surface area contributed by atoms with Crippen LogP contribution in [0.25, 0.3) is 22.2 Å². The molecule has 1 unspecified atom stereocenters. The van der Waals surface area contributed by atoms with Crippen molar-refractivity contribution >= 4 is 40.7 Å². The first kappa shape index (κ1) is 38.3. The molecule has 3 heterocycles. The highest BCUT2D eigenvalue weighted by Gasteiger charge is 2.62. The van der Waals surface area contributed by atoms with E-state index in [0.29, 0.717) is 60.4 Å². The molecule has 1 saturated carbocycles. The first-order chi connectivity index (χ1) is 25.7. The number of carboxylic acids is 1. The van der Waals surface area contributed by atoms with Crippen LogP contribution in [0.4, 0.5) is 4.79 Å². The molecule has 2 aliphatic heterocycles. The second-order valence-electron chi connectivity index (χ2n) is 15.4. The van der Waals surface area contributed by atoms with Crippen molar-refractivity contribution < 1.29 is 43.3 Å². The number of carbonyl (C=O) groups is 5. The number of rotatable bonds is 6. The molecule has 3 aromatic rings. The van der Waals surface area contributed by atoms with E-state index < -0.39 is 53.2 Å². The van der Waals surface area contributed by atoms with Gasteiger partial charge in [0.15, 0.2) is 0 Å². The van der Waals surface area contributed by atoms with Gasteiger partial charge in [0.05, 0.1) is 24.9 Å². The van der Waals surface area contributed by atoms with Crippen molar-refractivity contribution in [3.8, 4) is 22.8 Å². The zero-order valence-electron chi connectivity index (χ0n) is 31.4. The number of hydrogen-bond acceptors (Lipinski definition) is 9. The molecule has 3 aliphatic rings. The number of aromatic nitrogens is 1. The molecule has 3 fully saturated rings. The summed E-state index contributed by atoms with van der Waals surface area (Å²) in [5.74, 6) is -1.73. The van der Waals surface area contributed by atoms with Crippen LogP contribution in [-0.4, -0.2) is 106 Å². The Morgan fingerprint density at radius 2 is 1.78 bits per heavy atom. The summed E-state index contributed by atoms with van der Waals surface area (Å²) in [6, 6.07) is 14.7. The average molecular weight is 744 g/mol. The first-order valence-corrected chi connectivity index (χ1v) is 18.5. The average Bonchev–Trinajstić information content (AvgIpc) is 3.66. The number of alkyl carbamates (subject to hydrolysis) is 1. The van der Waals surface area contributed by atoms with Crippen LogP contribution in [0.3, 0.4) is 0 Å². The van der Waals surface area contributed by atoms with Crippen LogP contribution in [0.5, 0.6) is 11.5 Å². The maximum atomic E-state index is 14.5. The molecular weight excluding hydrogens is 694 g/mol. The largest absolute Gasteiger partial charge is 0.497 e. The number of fused-ring (bicyclic) bond motifs is 3. The molecule has 5 atom stereocenters. The molecule has 14 heteroatoms. The molecule has 0 spiro atoms. The molecule has 1 aliphatic carbocycles. The number of methoxy groups -OCH3 is 1. The van der Waals surface area contributed by atoms with Crippen LogP contribution in [0.15, 0.2) is 54.6 Å². The minimum Gasteiger partial charge on any atom is -0.497 e. The summed E-state index contributed by atoms with van der Waals surface area (Å²) in [4.78, 5) is 74.8. The van der Waals surface area contributed by atoms with Gasteiger partial charge in [0.25, 0.3) is 0 Å². The Balaban J connectivity index is 1.34. The third-order valence-corrected chi connectivity index (χ3v) is 10.4. The number of carbonyl (C=O) groups excluding carboxylic acids is 4. The van der Waals surface area contributed by atoms with E-state index in [1.807, 2.05) is 48.5 Å². The second kappa shape index (κ2) is 15.5. The minimum absolute atomic E-state index is 0.00826. The van der Waals surface area contributed by atoms with Gasteiger partial charge in [-0.1, -0.05) is 30.3 Å². The Kier molecular flexibility index (Phi) is 11.0. The lowest BCUT2D eigenvalue weighted by Crippen LogP contribution is -2.56. The predicted molar refractivity (Wildman–Crippen MR) is 199 cm³/mol. The van der Waals surface area contributed by atoms with Crippen molar-refractivity contribution in [2.45, 2.75) is 95.5 Å². The van der Waals surface area contributed by atoms with Gasteiger partial charge < -0.3 is 39.8 Å². The summed E-state index contributed by atoms with van der Waals surface area (Å²) in [7, 11) is 1.57. The highest BCUT2D eigenvalue weighted by Crippen LogP contribution is 2.47. The van der Waals surface area contributed by atoms with Crippen molar-refractivity contribution in [2.75, 3.05) is 26.7 Å². The van der Waals surface area contributed by atoms with Gasteiger partial charge in [0, 0.05) is 49.5 Å². The molecule has 0 bridgehead atoms. The highest BCUT2D eigenvalue weighted by molar-refractivity contribution is 5.96. The third-order valence-electron chi connectivity index (χ3n) is 10.4. The van der Waals surface area contributed by atoms with Gasteiger partial charge in [0.2, 0.25) is 17.7 Å². The van der Waals surface area contributed by atoms with Crippen LogP contribution in [0.1, 0.15) is 66.2 Å². The monoisotopic (exact) mass is 743 g/mol. The number of carboxylic acid groups (broad SMARTS) is 1. The Morgan fingerprint density at radius 3 is 2.46 bits per heavy atom. The maximum Gasteiger partial charge on any atom is 0.408 e. The Hall–Kier alpha value is -5.40. The van der Waals surface area contributed by atoms with Gasteiger partial charge in [-0.05, 0) is 70.9 Å². The molecule has 6 rings (SSSR count). The summed E-state index contributed by atoms with van der Waals surface area (Å²) < 4.78 is 17.6. The van der Waals surface area contributed by atoms with E-state index in [4.69, 9.17) is 19.2 Å². The van der Waals surface area contributed by atoms with Gasteiger partial charge in [-0.3, -0.25) is 14.4 Å². The molecule has 14 nitrogen and oxygen atoms in total. The topological polar surface area (TPSA) is 177 Å². The number of hydrogen-bond donors (Lipinski definition) is 3. The molecule has 1 aromatic heterocycles. The number of ether oxygens (including phenoxy) is 3. The first-order valence-electron chi connectivity index (χ1n) is 18.5. The van der Waals surface area contributed by atoms with Gasteiger partial charge >= 0.3 is 12.1 Å².